The second-order valence-electron chi connectivity index (χ2n) is 6.08. The second kappa shape index (κ2) is 16.3. The summed E-state index contributed by atoms with van der Waals surface area (Å²) in [5, 5.41) is 6.82. The summed E-state index contributed by atoms with van der Waals surface area (Å²) in [6.45, 7) is 11.2. The summed E-state index contributed by atoms with van der Waals surface area (Å²) in [7, 11) is 0. The topological polar surface area (TPSA) is 62.0 Å². The Balaban J connectivity index is 0.00000364. The van der Waals surface area contributed by atoms with Crippen LogP contribution in [-0.4, -0.2) is 74.8 Å². The molecular formula is C19H33IN4O2S. The molecule has 0 aromatic carbocycles. The number of halogens is 1. The minimum Gasteiger partial charge on any atom is -0.469 e. The Bertz CT molecular complexity index is 508. The van der Waals surface area contributed by atoms with Crippen LogP contribution in [0.1, 0.15) is 12.2 Å². The number of nitrogens with zero attached hydrogens (tertiary/aromatic N) is 2. The SMILES string of the molecule is C=CCSCCNC(=NCCCN1CCOCC1)NCCc1ccco1.I. The Morgan fingerprint density at radius 2 is 2.11 bits per heavy atom. The number of morpholine rings is 1. The molecule has 0 amide bonds. The summed E-state index contributed by atoms with van der Waals surface area (Å²) in [6, 6.07) is 3.92. The lowest BCUT2D eigenvalue weighted by atomic mass is 10.3. The van der Waals surface area contributed by atoms with Crippen LogP contribution in [0, 0.1) is 0 Å². The van der Waals surface area contributed by atoms with Crippen LogP contribution >= 0.6 is 35.7 Å². The molecular weight excluding hydrogens is 475 g/mol. The van der Waals surface area contributed by atoms with E-state index in [0.29, 0.717) is 0 Å². The van der Waals surface area contributed by atoms with E-state index in [4.69, 9.17) is 14.1 Å². The molecule has 0 spiro atoms. The van der Waals surface area contributed by atoms with Gasteiger partial charge in [-0.3, -0.25) is 9.89 Å². The molecule has 1 aliphatic heterocycles. The fourth-order valence-corrected chi connectivity index (χ4v) is 3.23. The first kappa shape index (κ1) is 24.3. The monoisotopic (exact) mass is 508 g/mol. The summed E-state index contributed by atoms with van der Waals surface area (Å²) in [4.78, 5) is 7.17. The minimum atomic E-state index is 0. The number of hydrogen-bond donors (Lipinski definition) is 2. The van der Waals surface area contributed by atoms with Crippen LogP contribution in [-0.2, 0) is 11.2 Å². The maximum atomic E-state index is 5.39. The van der Waals surface area contributed by atoms with E-state index in [1.165, 1.54) is 0 Å². The number of guanidine groups is 1. The maximum Gasteiger partial charge on any atom is 0.191 e. The standard InChI is InChI=1S/C19H32N4O2S.HI/c1-2-16-26-17-9-22-19(21-8-6-18-5-3-13-25-18)20-7-4-10-23-11-14-24-15-12-23;/h2-3,5,13H,1,4,6-12,14-17H2,(H2,20,21,22);1H. The quantitative estimate of drug-likeness (QED) is 0.149. The predicted octanol–water partition coefficient (Wildman–Crippen LogP) is 2.62. The minimum absolute atomic E-state index is 0. The smallest absolute Gasteiger partial charge is 0.191 e. The zero-order chi connectivity index (χ0) is 18.3. The molecule has 0 bridgehead atoms. The molecule has 2 rings (SSSR count). The van der Waals surface area contributed by atoms with Crippen molar-refractivity contribution in [2.24, 2.45) is 4.99 Å². The molecule has 1 aliphatic rings. The highest BCUT2D eigenvalue weighted by Crippen LogP contribution is 2.00. The van der Waals surface area contributed by atoms with Crippen LogP contribution in [0.5, 0.6) is 0 Å². The van der Waals surface area contributed by atoms with E-state index in [-0.39, 0.29) is 24.0 Å². The molecule has 0 unspecified atom stereocenters. The highest BCUT2D eigenvalue weighted by Gasteiger charge is 2.09. The van der Waals surface area contributed by atoms with Crippen LogP contribution in [0.3, 0.4) is 0 Å². The van der Waals surface area contributed by atoms with Gasteiger partial charge in [0.1, 0.15) is 5.76 Å². The Morgan fingerprint density at radius 1 is 1.30 bits per heavy atom. The van der Waals surface area contributed by atoms with E-state index in [9.17, 15) is 0 Å². The predicted molar refractivity (Wildman–Crippen MR) is 126 cm³/mol. The van der Waals surface area contributed by atoms with Gasteiger partial charge in [-0.25, -0.2) is 0 Å². The third kappa shape index (κ3) is 11.7. The van der Waals surface area contributed by atoms with Crippen LogP contribution in [0.15, 0.2) is 40.5 Å². The van der Waals surface area contributed by atoms with Gasteiger partial charge in [-0.05, 0) is 18.6 Å². The van der Waals surface area contributed by atoms with Gasteiger partial charge in [-0.15, -0.1) is 30.6 Å². The van der Waals surface area contributed by atoms with Gasteiger partial charge in [-0.2, -0.15) is 11.8 Å². The molecule has 1 saturated heterocycles. The van der Waals surface area contributed by atoms with Crippen molar-refractivity contribution in [3.05, 3.63) is 36.8 Å². The first-order chi connectivity index (χ1) is 12.9. The van der Waals surface area contributed by atoms with Gasteiger partial charge in [-0.1, -0.05) is 6.08 Å². The third-order valence-electron chi connectivity index (χ3n) is 4.02. The largest absolute Gasteiger partial charge is 0.469 e. The zero-order valence-corrected chi connectivity index (χ0v) is 19.2. The van der Waals surface area contributed by atoms with Crippen LogP contribution < -0.4 is 10.6 Å². The van der Waals surface area contributed by atoms with Crippen molar-refractivity contribution in [3.63, 3.8) is 0 Å². The average Bonchev–Trinajstić information content (AvgIpc) is 3.19. The summed E-state index contributed by atoms with van der Waals surface area (Å²) in [6.07, 6.45) is 5.57. The Morgan fingerprint density at radius 3 is 2.85 bits per heavy atom. The molecule has 1 aromatic heterocycles. The number of furan rings is 1. The van der Waals surface area contributed by atoms with E-state index >= 15 is 0 Å². The summed E-state index contributed by atoms with van der Waals surface area (Å²) >= 11 is 1.87. The number of rotatable bonds is 12. The van der Waals surface area contributed by atoms with Gasteiger partial charge in [0.05, 0.1) is 19.5 Å². The Kier molecular flexibility index (Phi) is 14.7. The van der Waals surface area contributed by atoms with Gasteiger partial charge >= 0.3 is 0 Å². The fourth-order valence-electron chi connectivity index (χ4n) is 2.65. The average molecular weight is 508 g/mol. The van der Waals surface area contributed by atoms with Gasteiger partial charge in [0.2, 0.25) is 0 Å². The lowest BCUT2D eigenvalue weighted by molar-refractivity contribution is 0.0377. The third-order valence-corrected chi connectivity index (χ3v) is 4.99. The van der Waals surface area contributed by atoms with E-state index in [1.54, 1.807) is 6.26 Å². The van der Waals surface area contributed by atoms with Gasteiger partial charge in [0, 0.05) is 57.2 Å². The lowest BCUT2D eigenvalue weighted by Gasteiger charge is -2.26. The lowest BCUT2D eigenvalue weighted by Crippen LogP contribution is -2.40. The second-order valence-corrected chi connectivity index (χ2v) is 7.23. The van der Waals surface area contributed by atoms with Crippen molar-refractivity contribution >= 4 is 41.7 Å². The normalized spacial score (nSPS) is 15.2. The van der Waals surface area contributed by atoms with E-state index in [0.717, 1.165) is 88.5 Å². The molecule has 2 N–H and O–H groups in total. The molecule has 27 heavy (non-hydrogen) atoms. The fraction of sp³-hybridized carbons (Fsp3) is 0.632. The molecule has 0 saturated carbocycles. The van der Waals surface area contributed by atoms with E-state index < -0.39 is 0 Å². The Labute approximate surface area is 184 Å². The zero-order valence-electron chi connectivity index (χ0n) is 16.0. The molecule has 154 valence electrons. The van der Waals surface area contributed by atoms with Gasteiger partial charge in [0.15, 0.2) is 5.96 Å². The van der Waals surface area contributed by atoms with E-state index in [1.807, 2.05) is 30.0 Å². The summed E-state index contributed by atoms with van der Waals surface area (Å²) in [5.41, 5.74) is 0. The van der Waals surface area contributed by atoms with Crippen molar-refractivity contribution in [1.82, 2.24) is 15.5 Å². The molecule has 1 fully saturated rings. The number of aliphatic imine (C=N–C) groups is 1. The first-order valence-electron chi connectivity index (χ1n) is 9.42. The number of hydrogen-bond acceptors (Lipinski definition) is 5. The van der Waals surface area contributed by atoms with Crippen molar-refractivity contribution < 1.29 is 9.15 Å². The molecule has 0 atom stereocenters. The molecule has 8 heteroatoms. The van der Waals surface area contributed by atoms with Gasteiger partial charge < -0.3 is 19.8 Å². The summed E-state index contributed by atoms with van der Waals surface area (Å²) < 4.78 is 10.8. The van der Waals surface area contributed by atoms with Crippen molar-refractivity contribution in [1.29, 1.82) is 0 Å². The Hall–Kier alpha value is -0.710. The molecule has 0 aliphatic carbocycles. The van der Waals surface area contributed by atoms with Crippen LogP contribution in [0.25, 0.3) is 0 Å². The number of ether oxygens (including phenoxy) is 1. The van der Waals surface area contributed by atoms with Gasteiger partial charge in [0.25, 0.3) is 0 Å². The highest BCUT2D eigenvalue weighted by molar-refractivity contribution is 14.0. The molecule has 2 heterocycles. The summed E-state index contributed by atoms with van der Waals surface area (Å²) in [5.74, 6) is 3.90. The molecule has 1 aromatic rings. The van der Waals surface area contributed by atoms with Crippen molar-refractivity contribution in [2.75, 3.05) is 64.0 Å². The van der Waals surface area contributed by atoms with Crippen molar-refractivity contribution in [3.8, 4) is 0 Å². The number of nitrogens with one attached hydrogen (secondary N) is 2. The number of thioether (sulfide) groups is 1. The molecule has 0 radical (unpaired) electrons. The van der Waals surface area contributed by atoms with Crippen LogP contribution in [0.2, 0.25) is 0 Å². The van der Waals surface area contributed by atoms with Crippen LogP contribution in [0.4, 0.5) is 0 Å². The van der Waals surface area contributed by atoms with Crippen molar-refractivity contribution in [2.45, 2.75) is 12.8 Å². The highest BCUT2D eigenvalue weighted by atomic mass is 127. The maximum absolute atomic E-state index is 5.39. The molecule has 6 nitrogen and oxygen atoms in total. The van der Waals surface area contributed by atoms with E-state index in [2.05, 4.69) is 22.1 Å². The first-order valence-corrected chi connectivity index (χ1v) is 10.6.